The van der Waals surface area contributed by atoms with Crippen LogP contribution in [0.2, 0.25) is 0 Å². The highest BCUT2D eigenvalue weighted by molar-refractivity contribution is 6.20. The molecule has 0 spiro atoms. The summed E-state index contributed by atoms with van der Waals surface area (Å²) in [5, 5.41) is 9.96. The van der Waals surface area contributed by atoms with Gasteiger partial charge in [-0.2, -0.15) is 0 Å². The predicted molar refractivity (Wildman–Crippen MR) is 126 cm³/mol. The van der Waals surface area contributed by atoms with Crippen molar-refractivity contribution in [2.24, 2.45) is 5.41 Å². The van der Waals surface area contributed by atoms with Crippen LogP contribution in [0.25, 0.3) is 11.1 Å². The summed E-state index contributed by atoms with van der Waals surface area (Å²) >= 11 is 0. The zero-order valence-corrected chi connectivity index (χ0v) is 20.0. The van der Waals surface area contributed by atoms with Gasteiger partial charge >= 0.3 is 5.97 Å². The van der Waals surface area contributed by atoms with Crippen LogP contribution >= 0.6 is 0 Å². The molecule has 0 radical (unpaired) electrons. The van der Waals surface area contributed by atoms with Gasteiger partial charge in [0.1, 0.15) is 0 Å². The van der Waals surface area contributed by atoms with E-state index in [2.05, 4.69) is 11.0 Å². The van der Waals surface area contributed by atoms with Crippen LogP contribution in [-0.4, -0.2) is 35.1 Å². The number of benzene rings is 2. The van der Waals surface area contributed by atoms with Crippen molar-refractivity contribution >= 4 is 17.8 Å². The van der Waals surface area contributed by atoms with E-state index in [1.165, 1.54) is 0 Å². The normalized spacial score (nSPS) is 14.6. The largest absolute Gasteiger partial charge is 0.480 e. The second-order valence-corrected chi connectivity index (χ2v) is 9.43. The summed E-state index contributed by atoms with van der Waals surface area (Å²) in [7, 11) is 0. The molecule has 2 aromatic rings. The Balaban J connectivity index is 1.77. The Morgan fingerprint density at radius 1 is 0.912 bits per heavy atom. The summed E-state index contributed by atoms with van der Waals surface area (Å²) < 4.78 is 0. The summed E-state index contributed by atoms with van der Waals surface area (Å²) in [6, 6.07) is 15.9. The van der Waals surface area contributed by atoms with Crippen molar-refractivity contribution in [3.63, 3.8) is 0 Å². The minimum absolute atomic E-state index is 0.0867. The molecule has 0 saturated heterocycles. The molecule has 2 amide bonds. The van der Waals surface area contributed by atoms with E-state index in [1.54, 1.807) is 20.8 Å². The van der Waals surface area contributed by atoms with Crippen LogP contribution < -0.4 is 11.0 Å². The van der Waals surface area contributed by atoms with E-state index in [0.29, 0.717) is 12.8 Å². The van der Waals surface area contributed by atoms with Crippen molar-refractivity contribution in [1.82, 2.24) is 11.0 Å². The SMILES string of the molecule is CCCCC(C(=O)O)(C(=O)NOCC1c2ccccc2-c2ccccc21)C(=O)NOC(C)(C)C. The van der Waals surface area contributed by atoms with Crippen molar-refractivity contribution in [2.45, 2.75) is 58.5 Å². The zero-order chi connectivity index (χ0) is 24.9. The van der Waals surface area contributed by atoms with Gasteiger partial charge in [-0.15, -0.1) is 0 Å². The highest BCUT2D eigenvalue weighted by Crippen LogP contribution is 2.44. The van der Waals surface area contributed by atoms with E-state index in [9.17, 15) is 19.5 Å². The van der Waals surface area contributed by atoms with Gasteiger partial charge in [-0.1, -0.05) is 68.3 Å². The van der Waals surface area contributed by atoms with Gasteiger partial charge < -0.3 is 5.11 Å². The van der Waals surface area contributed by atoms with Crippen LogP contribution in [0.5, 0.6) is 0 Å². The number of nitrogens with one attached hydrogen (secondary N) is 2. The maximum atomic E-state index is 13.1. The molecule has 1 aliphatic rings. The second kappa shape index (κ2) is 10.4. The molecule has 1 aliphatic carbocycles. The lowest BCUT2D eigenvalue weighted by molar-refractivity contribution is -0.176. The Bertz CT molecular complexity index is 1020. The monoisotopic (exact) mass is 468 g/mol. The molecular formula is C26H32N2O6. The molecule has 0 aromatic heterocycles. The molecule has 0 fully saturated rings. The number of carbonyl (C=O) groups is 3. The van der Waals surface area contributed by atoms with E-state index in [-0.39, 0.29) is 18.9 Å². The standard InChI is InChI=1S/C26H32N2O6/c1-5-6-15-26(24(31)32,23(30)28-34-25(2,3)4)22(29)27-33-16-21-19-13-9-7-11-17(19)18-12-8-10-14-20(18)21/h7-14,21H,5-6,15-16H2,1-4H3,(H,27,29)(H,28,30)(H,31,32). The number of rotatable bonds is 10. The van der Waals surface area contributed by atoms with Crippen LogP contribution in [0.15, 0.2) is 48.5 Å². The third-order valence-corrected chi connectivity index (χ3v) is 5.87. The number of aliphatic carboxylic acids is 1. The van der Waals surface area contributed by atoms with Crippen molar-refractivity contribution in [3.05, 3.63) is 59.7 Å². The molecule has 3 N–H and O–H groups in total. The fourth-order valence-corrected chi connectivity index (χ4v) is 4.08. The quantitative estimate of drug-likeness (QED) is 0.359. The van der Waals surface area contributed by atoms with Crippen molar-refractivity contribution in [3.8, 4) is 11.1 Å². The molecule has 34 heavy (non-hydrogen) atoms. The third kappa shape index (κ3) is 5.13. The average Bonchev–Trinajstić information content (AvgIpc) is 3.11. The van der Waals surface area contributed by atoms with Crippen LogP contribution in [0.4, 0.5) is 0 Å². The lowest BCUT2D eigenvalue weighted by Gasteiger charge is -2.28. The molecule has 0 bridgehead atoms. The highest BCUT2D eigenvalue weighted by atomic mass is 16.7. The maximum absolute atomic E-state index is 13.1. The Morgan fingerprint density at radius 3 is 1.94 bits per heavy atom. The molecule has 8 nitrogen and oxygen atoms in total. The van der Waals surface area contributed by atoms with E-state index in [1.807, 2.05) is 55.5 Å². The highest BCUT2D eigenvalue weighted by Gasteiger charge is 2.53. The number of carboxylic acid groups (broad SMARTS) is 1. The van der Waals surface area contributed by atoms with Gasteiger partial charge in [-0.3, -0.25) is 24.1 Å². The van der Waals surface area contributed by atoms with Gasteiger partial charge in [0.05, 0.1) is 12.2 Å². The Morgan fingerprint density at radius 2 is 1.44 bits per heavy atom. The summed E-state index contributed by atoms with van der Waals surface area (Å²) in [6.45, 7) is 7.02. The summed E-state index contributed by atoms with van der Waals surface area (Å²) in [5.74, 6) is -3.78. The molecule has 2 aromatic carbocycles. The zero-order valence-electron chi connectivity index (χ0n) is 20.0. The first kappa shape index (κ1) is 25.4. The first-order valence-corrected chi connectivity index (χ1v) is 11.4. The number of carboxylic acids is 1. The molecule has 0 heterocycles. The minimum atomic E-state index is -2.38. The number of hydrogen-bond donors (Lipinski definition) is 3. The lowest BCUT2D eigenvalue weighted by Crippen LogP contribution is -2.57. The Kier molecular flexibility index (Phi) is 7.74. The maximum Gasteiger partial charge on any atom is 0.329 e. The Labute approximate surface area is 199 Å². The van der Waals surface area contributed by atoms with Gasteiger partial charge in [-0.05, 0) is 49.4 Å². The average molecular weight is 469 g/mol. The molecular weight excluding hydrogens is 436 g/mol. The van der Waals surface area contributed by atoms with Crippen LogP contribution in [0, 0.1) is 5.41 Å². The van der Waals surface area contributed by atoms with Crippen molar-refractivity contribution < 1.29 is 29.2 Å². The predicted octanol–water partition coefficient (Wildman–Crippen LogP) is 3.95. The number of fused-ring (bicyclic) bond motifs is 3. The summed E-state index contributed by atoms with van der Waals surface area (Å²) in [6.07, 6.45) is 0.765. The van der Waals surface area contributed by atoms with E-state index in [4.69, 9.17) is 9.68 Å². The third-order valence-electron chi connectivity index (χ3n) is 5.87. The van der Waals surface area contributed by atoms with Crippen molar-refractivity contribution in [1.29, 1.82) is 0 Å². The molecule has 182 valence electrons. The number of carbonyl (C=O) groups excluding carboxylic acids is 2. The molecule has 1 atom stereocenters. The lowest BCUT2D eigenvalue weighted by atomic mass is 9.81. The van der Waals surface area contributed by atoms with Gasteiger partial charge in [0.15, 0.2) is 0 Å². The fourth-order valence-electron chi connectivity index (χ4n) is 4.08. The summed E-state index contributed by atoms with van der Waals surface area (Å²) in [4.78, 5) is 49.1. The van der Waals surface area contributed by atoms with Crippen LogP contribution in [0.1, 0.15) is 64.0 Å². The summed E-state index contributed by atoms with van der Waals surface area (Å²) in [5.41, 5.74) is 5.57. The first-order chi connectivity index (χ1) is 16.1. The first-order valence-electron chi connectivity index (χ1n) is 11.4. The number of hydroxylamine groups is 2. The van der Waals surface area contributed by atoms with Crippen molar-refractivity contribution in [2.75, 3.05) is 6.61 Å². The number of hydrogen-bond acceptors (Lipinski definition) is 5. The smallest absolute Gasteiger partial charge is 0.329 e. The molecule has 0 saturated carbocycles. The second-order valence-electron chi connectivity index (χ2n) is 9.43. The van der Waals surface area contributed by atoms with E-state index in [0.717, 1.165) is 22.3 Å². The van der Waals surface area contributed by atoms with Crippen LogP contribution in [0.3, 0.4) is 0 Å². The molecule has 8 heteroatoms. The van der Waals surface area contributed by atoms with Crippen LogP contribution in [-0.2, 0) is 24.1 Å². The Hall–Kier alpha value is -3.23. The van der Waals surface area contributed by atoms with Gasteiger partial charge in [0.25, 0.3) is 11.8 Å². The molecule has 1 unspecified atom stereocenters. The van der Waals surface area contributed by atoms with E-state index < -0.39 is 28.8 Å². The number of amides is 2. The van der Waals surface area contributed by atoms with Gasteiger partial charge in [0.2, 0.25) is 5.41 Å². The molecule has 3 rings (SSSR count). The fraction of sp³-hybridized carbons (Fsp3) is 0.423. The van der Waals surface area contributed by atoms with Gasteiger partial charge in [0, 0.05) is 5.92 Å². The van der Waals surface area contributed by atoms with E-state index >= 15 is 0 Å². The topological polar surface area (TPSA) is 114 Å². The minimum Gasteiger partial charge on any atom is -0.480 e. The number of unbranched alkanes of at least 4 members (excludes halogenated alkanes) is 1. The van der Waals surface area contributed by atoms with Gasteiger partial charge in [-0.25, -0.2) is 11.0 Å². The molecule has 0 aliphatic heterocycles.